The van der Waals surface area contributed by atoms with Crippen LogP contribution in [0.1, 0.15) is 5.56 Å². The van der Waals surface area contributed by atoms with E-state index < -0.39 is 15.7 Å². The molecule has 0 saturated heterocycles. The maximum absolute atomic E-state index is 13.1. The van der Waals surface area contributed by atoms with Crippen LogP contribution in [0.3, 0.4) is 0 Å². The fourth-order valence-electron chi connectivity index (χ4n) is 1.84. The van der Waals surface area contributed by atoms with Gasteiger partial charge in [-0.05, 0) is 29.8 Å². The zero-order chi connectivity index (χ0) is 15.6. The molecule has 2 aromatic rings. The molecule has 2 rings (SSSR count). The number of rotatable bonds is 4. The molecule has 0 fully saturated rings. The molecule has 0 heterocycles. The van der Waals surface area contributed by atoms with Crippen LogP contribution in [0.15, 0.2) is 41.3 Å². The van der Waals surface area contributed by atoms with Gasteiger partial charge in [0.2, 0.25) is 0 Å². The molecular formula is C14H13ClFNO3S. The van der Waals surface area contributed by atoms with E-state index in [1.807, 2.05) is 0 Å². The number of nitrogen functional groups attached to an aromatic ring is 1. The van der Waals surface area contributed by atoms with Gasteiger partial charge in [0, 0.05) is 6.07 Å². The molecule has 112 valence electrons. The second-order valence-corrected chi connectivity index (χ2v) is 6.78. The topological polar surface area (TPSA) is 69.4 Å². The average Bonchev–Trinajstić information content (AvgIpc) is 2.43. The van der Waals surface area contributed by atoms with Gasteiger partial charge in [0.15, 0.2) is 9.84 Å². The smallest absolute Gasteiger partial charge is 0.184 e. The van der Waals surface area contributed by atoms with Gasteiger partial charge >= 0.3 is 0 Å². The molecule has 2 N–H and O–H groups in total. The highest BCUT2D eigenvalue weighted by molar-refractivity contribution is 7.90. The van der Waals surface area contributed by atoms with Crippen LogP contribution in [-0.2, 0) is 15.6 Å². The molecule has 0 aliphatic rings. The summed E-state index contributed by atoms with van der Waals surface area (Å²) in [5, 5.41) is -0.124. The first-order valence-electron chi connectivity index (χ1n) is 5.93. The molecule has 7 heteroatoms. The predicted octanol–water partition coefficient (Wildman–Crippen LogP) is 3.04. The lowest BCUT2D eigenvalue weighted by Crippen LogP contribution is -2.08. The van der Waals surface area contributed by atoms with Crippen molar-refractivity contribution in [3.63, 3.8) is 0 Å². The number of hydrogen-bond acceptors (Lipinski definition) is 4. The third-order valence-electron chi connectivity index (χ3n) is 2.90. The van der Waals surface area contributed by atoms with Crippen LogP contribution < -0.4 is 10.5 Å². The fourth-order valence-corrected chi connectivity index (χ4v) is 3.54. The van der Waals surface area contributed by atoms with Gasteiger partial charge in [-0.15, -0.1) is 0 Å². The SMILES string of the molecule is COc1ccc(N)c(S(=O)(=O)Cc2ccc(F)c(Cl)c2)c1. The van der Waals surface area contributed by atoms with Gasteiger partial charge in [0.25, 0.3) is 0 Å². The number of anilines is 1. The number of methoxy groups -OCH3 is 1. The summed E-state index contributed by atoms with van der Waals surface area (Å²) in [5.74, 6) is -0.539. The molecule has 21 heavy (non-hydrogen) atoms. The van der Waals surface area contributed by atoms with Gasteiger partial charge in [-0.1, -0.05) is 17.7 Å². The number of benzene rings is 2. The van der Waals surface area contributed by atoms with Gasteiger partial charge in [-0.3, -0.25) is 0 Å². The Bertz CT molecular complexity index is 778. The first-order chi connectivity index (χ1) is 9.83. The maximum Gasteiger partial charge on any atom is 0.184 e. The average molecular weight is 330 g/mol. The third kappa shape index (κ3) is 3.46. The van der Waals surface area contributed by atoms with Crippen molar-refractivity contribution in [1.29, 1.82) is 0 Å². The van der Waals surface area contributed by atoms with Gasteiger partial charge < -0.3 is 10.5 Å². The van der Waals surface area contributed by atoms with Gasteiger partial charge in [-0.25, -0.2) is 12.8 Å². The van der Waals surface area contributed by atoms with E-state index in [0.29, 0.717) is 11.3 Å². The normalized spacial score (nSPS) is 11.4. The summed E-state index contributed by atoms with van der Waals surface area (Å²) in [6.07, 6.45) is 0. The zero-order valence-electron chi connectivity index (χ0n) is 11.1. The molecular weight excluding hydrogens is 317 g/mol. The van der Waals surface area contributed by atoms with E-state index in [4.69, 9.17) is 22.1 Å². The Kier molecular flexibility index (Phi) is 4.39. The van der Waals surface area contributed by atoms with Gasteiger partial charge in [0.1, 0.15) is 11.6 Å². The van der Waals surface area contributed by atoms with E-state index >= 15 is 0 Å². The number of hydrogen-bond donors (Lipinski definition) is 1. The fraction of sp³-hybridized carbons (Fsp3) is 0.143. The summed E-state index contributed by atoms with van der Waals surface area (Å²) >= 11 is 5.65. The molecule has 0 aliphatic heterocycles. The third-order valence-corrected chi connectivity index (χ3v) is 4.92. The predicted molar refractivity (Wildman–Crippen MR) is 79.7 cm³/mol. The van der Waals surface area contributed by atoms with E-state index in [1.54, 1.807) is 6.07 Å². The van der Waals surface area contributed by atoms with E-state index in [0.717, 1.165) is 6.07 Å². The number of halogens is 2. The first kappa shape index (κ1) is 15.6. The summed E-state index contributed by atoms with van der Waals surface area (Å²) in [6, 6.07) is 8.17. The summed E-state index contributed by atoms with van der Waals surface area (Å²) in [5.41, 5.74) is 6.22. The van der Waals surface area contributed by atoms with Crippen LogP contribution in [0.5, 0.6) is 5.75 Å². The van der Waals surface area contributed by atoms with E-state index in [1.165, 1.54) is 31.4 Å². The molecule has 0 aliphatic carbocycles. The van der Waals surface area contributed by atoms with Gasteiger partial charge in [-0.2, -0.15) is 0 Å². The van der Waals surface area contributed by atoms with E-state index in [9.17, 15) is 12.8 Å². The minimum Gasteiger partial charge on any atom is -0.497 e. The van der Waals surface area contributed by atoms with Crippen LogP contribution in [0.25, 0.3) is 0 Å². The number of nitrogens with two attached hydrogens (primary N) is 1. The molecule has 0 aromatic heterocycles. The second-order valence-electron chi connectivity index (χ2n) is 4.41. The monoisotopic (exact) mass is 329 g/mol. The van der Waals surface area contributed by atoms with Crippen LogP contribution in [0, 0.1) is 5.82 Å². The molecule has 0 atom stereocenters. The van der Waals surface area contributed by atoms with Crippen molar-refractivity contribution >= 4 is 27.1 Å². The minimum absolute atomic E-state index is 0.0257. The Morgan fingerprint density at radius 2 is 1.95 bits per heavy atom. The molecule has 0 bridgehead atoms. The highest BCUT2D eigenvalue weighted by atomic mass is 35.5. The first-order valence-corrected chi connectivity index (χ1v) is 7.96. The summed E-state index contributed by atoms with van der Waals surface area (Å²) in [4.78, 5) is -0.0257. The van der Waals surface area contributed by atoms with Crippen molar-refractivity contribution in [2.24, 2.45) is 0 Å². The lowest BCUT2D eigenvalue weighted by atomic mass is 10.2. The standard InChI is InChI=1S/C14H13ClFNO3S/c1-20-10-3-5-13(17)14(7-10)21(18,19)8-9-2-4-12(16)11(15)6-9/h2-7H,8,17H2,1H3. The van der Waals surface area contributed by atoms with Crippen molar-refractivity contribution in [2.45, 2.75) is 10.6 Å². The molecule has 0 saturated carbocycles. The van der Waals surface area contributed by atoms with Crippen molar-refractivity contribution < 1.29 is 17.5 Å². The van der Waals surface area contributed by atoms with E-state index in [2.05, 4.69) is 0 Å². The van der Waals surface area contributed by atoms with Crippen molar-refractivity contribution in [2.75, 3.05) is 12.8 Å². The molecule has 0 spiro atoms. The van der Waals surface area contributed by atoms with Crippen molar-refractivity contribution in [3.05, 3.63) is 52.8 Å². The molecule has 0 radical (unpaired) electrons. The van der Waals surface area contributed by atoms with Crippen molar-refractivity contribution in [1.82, 2.24) is 0 Å². The lowest BCUT2D eigenvalue weighted by Gasteiger charge is -2.10. The minimum atomic E-state index is -3.69. The summed E-state index contributed by atoms with van der Waals surface area (Å²) in [6.45, 7) is 0. The molecule has 4 nitrogen and oxygen atoms in total. The summed E-state index contributed by atoms with van der Waals surface area (Å²) in [7, 11) is -2.26. The highest BCUT2D eigenvalue weighted by Crippen LogP contribution is 2.27. The summed E-state index contributed by atoms with van der Waals surface area (Å²) < 4.78 is 42.9. The largest absolute Gasteiger partial charge is 0.497 e. The Hall–Kier alpha value is -1.79. The van der Waals surface area contributed by atoms with Crippen LogP contribution >= 0.6 is 11.6 Å². The highest BCUT2D eigenvalue weighted by Gasteiger charge is 2.20. The zero-order valence-corrected chi connectivity index (χ0v) is 12.7. The Labute approximate surface area is 127 Å². The van der Waals surface area contributed by atoms with E-state index in [-0.39, 0.29) is 21.4 Å². The Morgan fingerprint density at radius 3 is 2.57 bits per heavy atom. The van der Waals surface area contributed by atoms with Gasteiger partial charge in [0.05, 0.1) is 28.5 Å². The number of sulfone groups is 1. The van der Waals surface area contributed by atoms with Crippen LogP contribution in [0.4, 0.5) is 10.1 Å². The lowest BCUT2D eigenvalue weighted by molar-refractivity contribution is 0.413. The Morgan fingerprint density at radius 1 is 1.24 bits per heavy atom. The second kappa shape index (κ2) is 5.91. The molecule has 2 aromatic carbocycles. The molecule has 0 unspecified atom stereocenters. The maximum atomic E-state index is 13.1. The molecule has 0 amide bonds. The number of ether oxygens (including phenoxy) is 1. The quantitative estimate of drug-likeness (QED) is 0.875. The van der Waals surface area contributed by atoms with Crippen LogP contribution in [-0.4, -0.2) is 15.5 Å². The van der Waals surface area contributed by atoms with Crippen LogP contribution in [0.2, 0.25) is 5.02 Å². The van der Waals surface area contributed by atoms with Crippen molar-refractivity contribution in [3.8, 4) is 5.75 Å². The Balaban J connectivity index is 2.40.